The molecule has 10 heterocycles. The third kappa shape index (κ3) is 10.8. The third-order valence-electron chi connectivity index (χ3n) is 10.8. The van der Waals surface area contributed by atoms with Crippen molar-refractivity contribution in [2.75, 3.05) is 39.6 Å². The minimum Gasteiger partial charge on any atom is -1.00 e. The van der Waals surface area contributed by atoms with Crippen molar-refractivity contribution < 1.29 is 277 Å². The molecule has 0 spiro atoms. The van der Waals surface area contributed by atoms with Gasteiger partial charge in [-0.2, -0.15) is 0 Å². The molecule has 0 radical (unpaired) electrons. The third-order valence-corrected chi connectivity index (χ3v) is 16.8. The van der Waals surface area contributed by atoms with Crippen molar-refractivity contribution in [3.63, 3.8) is 0 Å². The molecule has 0 aliphatic carbocycles. The first-order valence-corrected chi connectivity index (χ1v) is 26.1. The predicted octanol–water partition coefficient (Wildman–Crippen LogP) is -14.0. The standard InChI is InChI=1S/C20H18B2F2N4O6Te2.C10BF4N4Te2.BF3.FH.4K/c1-19-3-29-21(30-4-19,31-5-19)11-13(23)9-10(15-17(11)27-35-25-15)14(24)12(18-16(9)26-36-28-18)22-32-6-20(2,7-33-22)8-34-22;12-2-1-3-8(17-20-16-3)5-4(2)9-10(19-21-18-9)6(7(5)13)11(14)15;2-1(3)4;;;;;/h3-8H2,1-2H3;;;1H;;;;/q-2;-1;;;4*+1/p-1. The van der Waals surface area contributed by atoms with Crippen LogP contribution in [0, 0.1) is 40.2 Å². The molecule has 0 atom stereocenters. The molecule has 0 amide bonds. The van der Waals surface area contributed by atoms with Gasteiger partial charge in [-0.15, -0.1) is 0 Å². The van der Waals surface area contributed by atoms with Crippen LogP contribution >= 0.6 is 0 Å². The van der Waals surface area contributed by atoms with E-state index in [1.165, 1.54) is 0 Å². The molecular formula is C30H18B4F10K4N8O6Te4. The number of halogens is 10. The van der Waals surface area contributed by atoms with Crippen LogP contribution in [0.3, 0.4) is 0 Å². The van der Waals surface area contributed by atoms with Gasteiger partial charge in [-0.05, 0) is 0 Å². The van der Waals surface area contributed by atoms with Gasteiger partial charge in [-0.25, -0.2) is 0 Å². The van der Waals surface area contributed by atoms with E-state index < -0.39 is 141 Å². The molecule has 6 aliphatic rings. The van der Waals surface area contributed by atoms with Crippen molar-refractivity contribution in [2.45, 2.75) is 13.8 Å². The van der Waals surface area contributed by atoms with E-state index in [1.807, 2.05) is 13.8 Å². The molecule has 14 nitrogen and oxygen atoms in total. The number of fused-ring (bicyclic) bond motifs is 16. The Bertz CT molecular complexity index is 2950. The molecule has 4 aromatic heterocycles. The Labute approximate surface area is 577 Å². The maximum Gasteiger partial charge on any atom is 1.00 e. The fraction of sp³-hybridized carbons (Fsp3) is 0.333. The molecule has 324 valence electrons. The van der Waals surface area contributed by atoms with Crippen molar-refractivity contribution >= 4 is 194 Å². The quantitative estimate of drug-likeness (QED) is 0.0934. The summed E-state index contributed by atoms with van der Waals surface area (Å²) in [5.41, 5.74) is -0.310. The van der Waals surface area contributed by atoms with Gasteiger partial charge >= 0.3 is 573 Å². The van der Waals surface area contributed by atoms with Crippen molar-refractivity contribution in [1.82, 2.24) is 25.7 Å². The molecule has 4 aromatic carbocycles. The molecule has 0 saturated carbocycles. The molecule has 0 unspecified atom stereocenters. The Hall–Kier alpha value is 4.82. The molecule has 0 N–H and O–H groups in total. The zero-order chi connectivity index (χ0) is 42.8. The molecule has 6 saturated heterocycles. The number of hydrogen-bond acceptors (Lipinski definition) is 14. The molecule has 8 aromatic rings. The van der Waals surface area contributed by atoms with Crippen LogP contribution in [0.5, 0.6) is 0 Å². The smallest absolute Gasteiger partial charge is 1.00 e. The first kappa shape index (κ1) is 61.7. The van der Waals surface area contributed by atoms with Gasteiger partial charge in [-0.3, -0.25) is 12.9 Å². The average Bonchev–Trinajstić information content (AvgIpc) is 4.07. The van der Waals surface area contributed by atoms with Gasteiger partial charge in [-0.1, -0.05) is 0 Å². The minimum atomic E-state index is -3.67. The van der Waals surface area contributed by atoms with Crippen LogP contribution in [-0.2, 0) is 27.9 Å². The fourth-order valence-electron chi connectivity index (χ4n) is 7.98. The summed E-state index contributed by atoms with van der Waals surface area (Å²) in [5.74, 6) is -3.46. The molecule has 66 heavy (non-hydrogen) atoms. The Kier molecular flexibility index (Phi) is 22.6. The Morgan fingerprint density at radius 2 is 0.803 bits per heavy atom. The summed E-state index contributed by atoms with van der Waals surface area (Å²) in [5, 5.41) is -0.441. The van der Waals surface area contributed by atoms with Gasteiger partial charge in [0.15, 0.2) is 0 Å². The van der Waals surface area contributed by atoms with E-state index in [9.17, 15) is 30.4 Å². The number of benzene rings is 4. The maximum absolute atomic E-state index is 16.6. The summed E-state index contributed by atoms with van der Waals surface area (Å²) in [7, 11) is -6.72. The van der Waals surface area contributed by atoms with E-state index >= 15 is 8.78 Å². The van der Waals surface area contributed by atoms with Crippen LogP contribution in [0.1, 0.15) is 13.8 Å². The van der Waals surface area contributed by atoms with Crippen LogP contribution in [0.15, 0.2) is 0 Å². The monoisotopic (exact) mass is 1500 g/mol. The summed E-state index contributed by atoms with van der Waals surface area (Å²) in [4.78, 5) is 0. The second kappa shape index (κ2) is 24.2. The van der Waals surface area contributed by atoms with Crippen molar-refractivity contribution in [2.24, 2.45) is 10.8 Å². The van der Waals surface area contributed by atoms with Gasteiger partial charge in [0, 0.05) is 0 Å². The van der Waals surface area contributed by atoms with Gasteiger partial charge in [0.05, 0.1) is 0 Å². The summed E-state index contributed by atoms with van der Waals surface area (Å²) >= 11 is -4.99. The number of hydrogen-bond donors (Lipinski definition) is 0. The Balaban J connectivity index is 0.000000235. The molecule has 6 fully saturated rings. The molecule has 36 heteroatoms. The SMILES string of the molecule is CC12CO[B-](c3c(F)c4c5n[te]nc5c([B-]56OCC(C)(CO5)CO6)c(F)c4c4n[te]nc34)(OC1)OC2.FB(F)F.FB(F)c1c(F)c2c3n[te]nc3[c-]c(F)c2c2n[te]nc12.[F-].[K+].[K+].[K+].[K+]. The van der Waals surface area contributed by atoms with Crippen LogP contribution in [-0.4, -0.2) is 178 Å². The average molecular weight is 1490 g/mol. The molecule has 4 bridgehead atoms. The summed E-state index contributed by atoms with van der Waals surface area (Å²) in [6.07, 6.45) is 0. The predicted molar refractivity (Wildman–Crippen MR) is 206 cm³/mol. The summed E-state index contributed by atoms with van der Waals surface area (Å²) < 4.78 is 188. The number of aromatic nitrogens is 8. The molecule has 14 rings (SSSR count). The van der Waals surface area contributed by atoms with Crippen molar-refractivity contribution in [1.29, 1.82) is 0 Å². The van der Waals surface area contributed by atoms with Crippen molar-refractivity contribution in [3.05, 3.63) is 29.3 Å². The largest absolute Gasteiger partial charge is 1.00 e. The Morgan fingerprint density at radius 3 is 1.20 bits per heavy atom. The molecule has 6 aliphatic heterocycles. The van der Waals surface area contributed by atoms with Crippen LogP contribution in [0.2, 0.25) is 0 Å². The summed E-state index contributed by atoms with van der Waals surface area (Å²) in [6.45, 7) is 0.951. The Morgan fingerprint density at radius 1 is 0.485 bits per heavy atom. The first-order chi connectivity index (χ1) is 29.1. The van der Waals surface area contributed by atoms with Crippen molar-refractivity contribution in [3.8, 4) is 0 Å². The topological polar surface area (TPSA) is 158 Å². The second-order valence-electron chi connectivity index (χ2n) is 15.3. The van der Waals surface area contributed by atoms with Gasteiger partial charge in [0.1, 0.15) is 0 Å². The van der Waals surface area contributed by atoms with Gasteiger partial charge in [0.25, 0.3) is 0 Å². The van der Waals surface area contributed by atoms with E-state index in [2.05, 4.69) is 31.7 Å². The van der Waals surface area contributed by atoms with Crippen LogP contribution in [0.25, 0.3) is 65.7 Å². The fourth-order valence-corrected chi connectivity index (χ4v) is 14.3. The minimum absolute atomic E-state index is 0. The van der Waals surface area contributed by atoms with E-state index in [0.717, 1.165) is 0 Å². The second-order valence-corrected chi connectivity index (χ2v) is 21.3. The molecular weight excluding hydrogens is 1470 g/mol. The van der Waals surface area contributed by atoms with E-state index in [0.29, 0.717) is 39.6 Å². The van der Waals surface area contributed by atoms with Gasteiger partial charge in [0.2, 0.25) is 0 Å². The zero-order valence-electron chi connectivity index (χ0n) is 35.0. The van der Waals surface area contributed by atoms with E-state index in [-0.39, 0.29) is 298 Å². The number of rotatable bonds is 3. The normalized spacial score (nSPS) is 23.8. The van der Waals surface area contributed by atoms with Gasteiger partial charge < -0.3 is 4.70 Å². The maximum atomic E-state index is 16.6. The zero-order valence-corrected chi connectivity index (χ0v) is 56.8. The van der Waals surface area contributed by atoms with E-state index in [1.54, 1.807) is 0 Å². The van der Waals surface area contributed by atoms with Crippen LogP contribution in [0.4, 0.5) is 39.1 Å². The first-order valence-electron chi connectivity index (χ1n) is 17.7. The van der Waals surface area contributed by atoms with Crippen LogP contribution < -0.4 is 227 Å². The summed E-state index contributed by atoms with van der Waals surface area (Å²) in [6, 6.07) is 2.40. The van der Waals surface area contributed by atoms with E-state index in [4.69, 9.17) is 27.9 Å². The number of nitrogens with zero attached hydrogens (tertiary/aromatic N) is 8.